The molecule has 3 aromatic rings. The molecule has 7 nitrogen and oxygen atoms in total. The zero-order valence-corrected chi connectivity index (χ0v) is 17.8. The molecule has 0 saturated carbocycles. The average molecular weight is 441 g/mol. The van der Waals surface area contributed by atoms with E-state index < -0.39 is 15.9 Å². The quantitative estimate of drug-likeness (QED) is 0.592. The number of carbonyl (C=O) groups is 1. The first-order chi connectivity index (χ1) is 15.0. The largest absolute Gasteiger partial charge is 0.489 e. The first-order valence-electron chi connectivity index (χ1n) is 10.2. The van der Waals surface area contributed by atoms with Crippen LogP contribution < -0.4 is 10.1 Å². The maximum atomic E-state index is 12.8. The molecule has 1 saturated heterocycles. The molecule has 1 aliphatic heterocycles. The summed E-state index contributed by atoms with van der Waals surface area (Å²) in [4.78, 5) is 12.9. The second kappa shape index (κ2) is 9.36. The number of para-hydroxylation sites is 1. The lowest BCUT2D eigenvalue weighted by atomic mass is 10.2. The second-order valence-electron chi connectivity index (χ2n) is 7.32. The first kappa shape index (κ1) is 21.1. The normalized spacial score (nSPS) is 14.8. The molecule has 1 aliphatic rings. The number of ether oxygens (including phenoxy) is 1. The third-order valence-electron chi connectivity index (χ3n) is 5.16. The van der Waals surface area contributed by atoms with Gasteiger partial charge in [0.15, 0.2) is 5.76 Å². The van der Waals surface area contributed by atoms with Gasteiger partial charge >= 0.3 is 0 Å². The number of carbonyl (C=O) groups excluding carboxylic acids is 1. The number of benzene rings is 2. The van der Waals surface area contributed by atoms with Gasteiger partial charge in [0.2, 0.25) is 10.0 Å². The van der Waals surface area contributed by atoms with E-state index in [1.54, 1.807) is 18.2 Å². The molecule has 1 N–H and O–H groups in total. The van der Waals surface area contributed by atoms with Gasteiger partial charge in [-0.25, -0.2) is 8.42 Å². The number of anilines is 1. The van der Waals surface area contributed by atoms with Crippen LogP contribution in [-0.2, 0) is 16.6 Å². The van der Waals surface area contributed by atoms with Crippen molar-refractivity contribution in [3.8, 4) is 5.75 Å². The summed E-state index contributed by atoms with van der Waals surface area (Å²) >= 11 is 0. The average Bonchev–Trinajstić information content (AvgIpc) is 3.28. The number of piperidine rings is 1. The monoisotopic (exact) mass is 440 g/mol. The Morgan fingerprint density at radius 1 is 0.968 bits per heavy atom. The molecule has 1 aromatic heterocycles. The molecule has 8 heteroatoms. The van der Waals surface area contributed by atoms with Crippen molar-refractivity contribution < 1.29 is 22.4 Å². The lowest BCUT2D eigenvalue weighted by Crippen LogP contribution is -2.35. The minimum Gasteiger partial charge on any atom is -0.489 e. The van der Waals surface area contributed by atoms with Gasteiger partial charge in [0.25, 0.3) is 5.91 Å². The summed E-state index contributed by atoms with van der Waals surface area (Å²) in [5, 5.41) is 2.74. The summed E-state index contributed by atoms with van der Waals surface area (Å²) in [7, 11) is -3.51. The summed E-state index contributed by atoms with van der Waals surface area (Å²) in [6.45, 7) is 1.29. The predicted octanol–water partition coefficient (Wildman–Crippen LogP) is 4.29. The Bertz CT molecular complexity index is 1120. The van der Waals surface area contributed by atoms with E-state index in [2.05, 4.69) is 5.32 Å². The molecular weight excluding hydrogens is 416 g/mol. The van der Waals surface area contributed by atoms with Gasteiger partial charge in [-0.2, -0.15) is 4.31 Å². The van der Waals surface area contributed by atoms with E-state index in [0.717, 1.165) is 19.3 Å². The van der Waals surface area contributed by atoms with Crippen molar-refractivity contribution in [3.63, 3.8) is 0 Å². The van der Waals surface area contributed by atoms with Crippen LogP contribution in [0.3, 0.4) is 0 Å². The van der Waals surface area contributed by atoms with Crippen LogP contribution in [0.1, 0.15) is 35.4 Å². The standard InChI is InChI=1S/C23H24N2O5S/c26-23(22-18(13-16-29-22)17-30-20-7-3-1-4-8-20)24-19-9-11-21(12-10-19)31(27,28)25-14-5-2-6-15-25/h1,3-4,7-13,16H,2,5-6,14-15,17H2,(H,24,26). The summed E-state index contributed by atoms with van der Waals surface area (Å²) in [6.07, 6.45) is 4.26. The van der Waals surface area contributed by atoms with Gasteiger partial charge in [-0.05, 0) is 55.3 Å². The van der Waals surface area contributed by atoms with Crippen molar-refractivity contribution in [2.24, 2.45) is 0 Å². The third-order valence-corrected chi connectivity index (χ3v) is 7.07. The molecule has 31 heavy (non-hydrogen) atoms. The molecular formula is C23H24N2O5S. The fraction of sp³-hybridized carbons (Fsp3) is 0.261. The summed E-state index contributed by atoms with van der Waals surface area (Å²) in [6, 6.07) is 17.2. The smallest absolute Gasteiger partial charge is 0.291 e. The van der Waals surface area contributed by atoms with Crippen molar-refractivity contribution in [2.75, 3.05) is 18.4 Å². The van der Waals surface area contributed by atoms with E-state index in [-0.39, 0.29) is 17.3 Å². The molecule has 0 spiro atoms. The van der Waals surface area contributed by atoms with Crippen LogP contribution in [0.15, 0.2) is 76.2 Å². The fourth-order valence-electron chi connectivity index (χ4n) is 3.48. The Morgan fingerprint density at radius 2 is 1.68 bits per heavy atom. The van der Waals surface area contributed by atoms with Gasteiger partial charge in [-0.3, -0.25) is 4.79 Å². The highest BCUT2D eigenvalue weighted by atomic mass is 32.2. The SMILES string of the molecule is O=C(Nc1ccc(S(=O)(=O)N2CCCCC2)cc1)c1occc1COc1ccccc1. The Kier molecular flexibility index (Phi) is 6.39. The van der Waals surface area contributed by atoms with Gasteiger partial charge in [-0.15, -0.1) is 0 Å². The lowest BCUT2D eigenvalue weighted by Gasteiger charge is -2.25. The topological polar surface area (TPSA) is 88.9 Å². The number of sulfonamides is 1. The van der Waals surface area contributed by atoms with Crippen molar-refractivity contribution >= 4 is 21.6 Å². The van der Waals surface area contributed by atoms with E-state index in [0.29, 0.717) is 30.1 Å². The molecule has 2 aromatic carbocycles. The fourth-order valence-corrected chi connectivity index (χ4v) is 5.00. The summed E-state index contributed by atoms with van der Waals surface area (Å²) in [5.41, 5.74) is 1.10. The number of furan rings is 1. The lowest BCUT2D eigenvalue weighted by molar-refractivity contribution is 0.0993. The maximum absolute atomic E-state index is 12.8. The van der Waals surface area contributed by atoms with Gasteiger partial charge < -0.3 is 14.5 Å². The van der Waals surface area contributed by atoms with Crippen molar-refractivity contribution in [2.45, 2.75) is 30.8 Å². The number of amides is 1. The minimum atomic E-state index is -3.51. The molecule has 0 atom stereocenters. The van der Waals surface area contributed by atoms with E-state index >= 15 is 0 Å². The number of hydrogen-bond donors (Lipinski definition) is 1. The van der Waals surface area contributed by atoms with Crippen LogP contribution in [0.2, 0.25) is 0 Å². The molecule has 0 bridgehead atoms. The van der Waals surface area contributed by atoms with E-state index in [1.807, 2.05) is 30.3 Å². The van der Waals surface area contributed by atoms with E-state index in [9.17, 15) is 13.2 Å². The molecule has 0 unspecified atom stereocenters. The van der Waals surface area contributed by atoms with Gasteiger partial charge in [-0.1, -0.05) is 24.6 Å². The minimum absolute atomic E-state index is 0.154. The van der Waals surface area contributed by atoms with Gasteiger partial charge in [0, 0.05) is 24.3 Å². The number of rotatable bonds is 7. The highest BCUT2D eigenvalue weighted by Crippen LogP contribution is 2.23. The van der Waals surface area contributed by atoms with Crippen LogP contribution >= 0.6 is 0 Å². The van der Waals surface area contributed by atoms with Crippen molar-refractivity contribution in [3.05, 3.63) is 78.3 Å². The van der Waals surface area contributed by atoms with E-state index in [1.165, 1.54) is 22.7 Å². The van der Waals surface area contributed by atoms with Gasteiger partial charge in [0.1, 0.15) is 12.4 Å². The molecule has 162 valence electrons. The van der Waals surface area contributed by atoms with Crippen LogP contribution in [0.4, 0.5) is 5.69 Å². The second-order valence-corrected chi connectivity index (χ2v) is 9.26. The highest BCUT2D eigenvalue weighted by Gasteiger charge is 2.26. The predicted molar refractivity (Wildman–Crippen MR) is 116 cm³/mol. The maximum Gasteiger partial charge on any atom is 0.291 e. The highest BCUT2D eigenvalue weighted by molar-refractivity contribution is 7.89. The Hall–Kier alpha value is -3.10. The van der Waals surface area contributed by atoms with Crippen LogP contribution in [0, 0.1) is 0 Å². The molecule has 2 heterocycles. The number of nitrogens with zero attached hydrogens (tertiary/aromatic N) is 1. The Balaban J connectivity index is 1.41. The summed E-state index contributed by atoms with van der Waals surface area (Å²) in [5.74, 6) is 0.421. The molecule has 4 rings (SSSR count). The van der Waals surface area contributed by atoms with Crippen LogP contribution in [0.25, 0.3) is 0 Å². The zero-order chi connectivity index (χ0) is 21.7. The Labute approximate surface area is 181 Å². The molecule has 0 radical (unpaired) electrons. The summed E-state index contributed by atoms with van der Waals surface area (Å²) < 4.78 is 38.1. The first-order valence-corrected chi connectivity index (χ1v) is 11.6. The molecule has 1 fully saturated rings. The van der Waals surface area contributed by atoms with Crippen molar-refractivity contribution in [1.29, 1.82) is 0 Å². The van der Waals surface area contributed by atoms with Crippen LogP contribution in [-0.4, -0.2) is 31.7 Å². The third kappa shape index (κ3) is 4.98. The van der Waals surface area contributed by atoms with Crippen LogP contribution in [0.5, 0.6) is 5.75 Å². The zero-order valence-electron chi connectivity index (χ0n) is 17.0. The molecule has 0 aliphatic carbocycles. The van der Waals surface area contributed by atoms with Crippen molar-refractivity contribution in [1.82, 2.24) is 4.31 Å². The Morgan fingerprint density at radius 3 is 2.39 bits per heavy atom. The van der Waals surface area contributed by atoms with E-state index in [4.69, 9.17) is 9.15 Å². The number of nitrogens with one attached hydrogen (secondary N) is 1. The molecule has 1 amide bonds. The van der Waals surface area contributed by atoms with Gasteiger partial charge in [0.05, 0.1) is 11.2 Å². The number of hydrogen-bond acceptors (Lipinski definition) is 5.